The Labute approximate surface area is 173 Å². The van der Waals surface area contributed by atoms with Gasteiger partial charge in [0.05, 0.1) is 0 Å². The lowest BCUT2D eigenvalue weighted by Gasteiger charge is -2.34. The van der Waals surface area contributed by atoms with Crippen molar-refractivity contribution in [1.82, 2.24) is 14.8 Å². The van der Waals surface area contributed by atoms with Crippen LogP contribution in [0.2, 0.25) is 0 Å². The Morgan fingerprint density at radius 1 is 0.867 bits per heavy atom. The molecule has 0 aliphatic carbocycles. The Balaban J connectivity index is 0.000000377. The van der Waals surface area contributed by atoms with E-state index >= 15 is 0 Å². The third-order valence-electron chi connectivity index (χ3n) is 5.04. The zero-order chi connectivity index (χ0) is 21.5. The highest BCUT2D eigenvalue weighted by atomic mass is 19.1. The Bertz CT molecular complexity index is 983. The lowest BCUT2D eigenvalue weighted by atomic mass is 10.1. The van der Waals surface area contributed by atoms with Crippen molar-refractivity contribution in [3.63, 3.8) is 0 Å². The normalized spacial score (nSPS) is 14.8. The van der Waals surface area contributed by atoms with Gasteiger partial charge in [-0.15, -0.1) is 0 Å². The monoisotopic (exact) mass is 413 g/mol. The van der Waals surface area contributed by atoms with E-state index < -0.39 is 11.9 Å². The fourth-order valence-electron chi connectivity index (χ4n) is 3.46. The van der Waals surface area contributed by atoms with Gasteiger partial charge in [0.25, 0.3) is 0 Å². The fraction of sp³-hybridized carbons (Fsp3) is 0.273. The largest absolute Gasteiger partial charge is 0.473 e. The second-order valence-electron chi connectivity index (χ2n) is 7.15. The van der Waals surface area contributed by atoms with Gasteiger partial charge >= 0.3 is 11.9 Å². The Kier molecular flexibility index (Phi) is 7.16. The van der Waals surface area contributed by atoms with Crippen LogP contribution in [0, 0.1) is 5.82 Å². The van der Waals surface area contributed by atoms with E-state index in [4.69, 9.17) is 19.8 Å². The molecule has 1 aromatic heterocycles. The van der Waals surface area contributed by atoms with Crippen molar-refractivity contribution in [1.29, 1.82) is 0 Å². The van der Waals surface area contributed by atoms with Crippen LogP contribution >= 0.6 is 0 Å². The number of fused-ring (bicyclic) bond motifs is 1. The molecular weight excluding hydrogens is 389 g/mol. The van der Waals surface area contributed by atoms with Gasteiger partial charge in [0.2, 0.25) is 0 Å². The van der Waals surface area contributed by atoms with E-state index in [1.54, 1.807) is 12.1 Å². The molecule has 7 nitrogen and oxygen atoms in total. The number of halogens is 1. The summed E-state index contributed by atoms with van der Waals surface area (Å²) in [7, 11) is 0. The van der Waals surface area contributed by atoms with E-state index in [1.165, 1.54) is 22.0 Å². The van der Waals surface area contributed by atoms with Crippen LogP contribution in [0.15, 0.2) is 54.7 Å². The van der Waals surface area contributed by atoms with Crippen molar-refractivity contribution in [2.24, 2.45) is 0 Å². The van der Waals surface area contributed by atoms with Gasteiger partial charge in [-0.25, -0.2) is 14.0 Å². The minimum Gasteiger partial charge on any atom is -0.473 e. The van der Waals surface area contributed by atoms with Crippen LogP contribution in [-0.4, -0.2) is 63.1 Å². The van der Waals surface area contributed by atoms with Crippen LogP contribution < -0.4 is 0 Å². The number of aliphatic carboxylic acids is 2. The van der Waals surface area contributed by atoms with Crippen LogP contribution in [-0.2, 0) is 22.7 Å². The molecule has 1 aliphatic heterocycles. The molecule has 1 saturated heterocycles. The number of hydrogen-bond acceptors (Lipinski definition) is 4. The average molecular weight is 413 g/mol. The highest BCUT2D eigenvalue weighted by molar-refractivity contribution is 6.27. The van der Waals surface area contributed by atoms with Crippen molar-refractivity contribution in [3.05, 3.63) is 71.7 Å². The summed E-state index contributed by atoms with van der Waals surface area (Å²) >= 11 is 0. The molecule has 0 spiro atoms. The van der Waals surface area contributed by atoms with Crippen LogP contribution in [0.5, 0.6) is 0 Å². The zero-order valence-corrected chi connectivity index (χ0v) is 16.4. The van der Waals surface area contributed by atoms with E-state index in [9.17, 15) is 4.39 Å². The van der Waals surface area contributed by atoms with Gasteiger partial charge in [-0.2, -0.15) is 0 Å². The molecule has 4 rings (SSSR count). The summed E-state index contributed by atoms with van der Waals surface area (Å²) in [6, 6.07) is 15.3. The molecular formula is C22H24FN3O4. The number of rotatable bonds is 4. The maximum Gasteiger partial charge on any atom is 0.414 e. The Hall–Kier alpha value is -3.23. The molecule has 30 heavy (non-hydrogen) atoms. The van der Waals surface area contributed by atoms with Gasteiger partial charge in [0.15, 0.2) is 0 Å². The number of aromatic amines is 1. The standard InChI is InChI=1S/C20H22FN3.C2H2O4/c21-18-7-5-16(6-8-18)14-23-9-11-24(12-10-23)15-17-13-22-20-4-2-1-3-19(17)20;3-1(4)2(5)6/h1-8,13,22H,9-12,14-15H2;(H,3,4)(H,5,6). The molecule has 0 bridgehead atoms. The quantitative estimate of drug-likeness (QED) is 0.569. The molecule has 0 radical (unpaired) electrons. The smallest absolute Gasteiger partial charge is 0.414 e. The van der Waals surface area contributed by atoms with Crippen molar-refractivity contribution < 1.29 is 24.2 Å². The van der Waals surface area contributed by atoms with E-state index in [-0.39, 0.29) is 5.82 Å². The minimum atomic E-state index is -1.82. The highest BCUT2D eigenvalue weighted by Crippen LogP contribution is 2.20. The molecule has 0 unspecified atom stereocenters. The summed E-state index contributed by atoms with van der Waals surface area (Å²) in [6.07, 6.45) is 2.13. The number of carbonyl (C=O) groups is 2. The molecule has 0 saturated carbocycles. The zero-order valence-electron chi connectivity index (χ0n) is 16.4. The van der Waals surface area contributed by atoms with Gasteiger partial charge in [-0.1, -0.05) is 30.3 Å². The predicted molar refractivity (Wildman–Crippen MR) is 111 cm³/mol. The van der Waals surface area contributed by atoms with Gasteiger partial charge in [0.1, 0.15) is 5.82 Å². The number of para-hydroxylation sites is 1. The number of carboxylic acids is 2. The number of nitrogens with zero attached hydrogens (tertiary/aromatic N) is 2. The second kappa shape index (κ2) is 10.00. The molecule has 3 N–H and O–H groups in total. The van der Waals surface area contributed by atoms with Crippen LogP contribution in [0.1, 0.15) is 11.1 Å². The van der Waals surface area contributed by atoms with E-state index in [0.717, 1.165) is 39.3 Å². The van der Waals surface area contributed by atoms with Crippen LogP contribution in [0.25, 0.3) is 10.9 Å². The number of aromatic nitrogens is 1. The van der Waals surface area contributed by atoms with Gasteiger partial charge < -0.3 is 15.2 Å². The van der Waals surface area contributed by atoms with E-state index in [1.807, 2.05) is 12.1 Å². The van der Waals surface area contributed by atoms with Gasteiger partial charge in [-0.3, -0.25) is 9.80 Å². The third-order valence-corrected chi connectivity index (χ3v) is 5.04. The van der Waals surface area contributed by atoms with Crippen molar-refractivity contribution >= 4 is 22.8 Å². The molecule has 1 fully saturated rings. The summed E-state index contributed by atoms with van der Waals surface area (Å²) in [5, 5.41) is 16.1. The van der Waals surface area contributed by atoms with E-state index in [0.29, 0.717) is 0 Å². The van der Waals surface area contributed by atoms with Crippen molar-refractivity contribution in [3.8, 4) is 0 Å². The number of benzene rings is 2. The molecule has 1 aliphatic rings. The first kappa shape index (κ1) is 21.5. The predicted octanol–water partition coefficient (Wildman–Crippen LogP) is 2.78. The van der Waals surface area contributed by atoms with Gasteiger partial charge in [0, 0.05) is 56.4 Å². The molecule has 158 valence electrons. The summed E-state index contributed by atoms with van der Waals surface area (Å²) < 4.78 is 13.0. The van der Waals surface area contributed by atoms with Gasteiger partial charge in [-0.05, 0) is 29.3 Å². The SMILES string of the molecule is Fc1ccc(CN2CCN(Cc3c[nH]c4ccccc34)CC2)cc1.O=C(O)C(=O)O. The fourth-order valence-corrected chi connectivity index (χ4v) is 3.46. The Morgan fingerprint density at radius 3 is 2.03 bits per heavy atom. The summed E-state index contributed by atoms with van der Waals surface area (Å²) in [6.45, 7) is 6.15. The number of piperazine rings is 1. The topological polar surface area (TPSA) is 96.9 Å². The lowest BCUT2D eigenvalue weighted by molar-refractivity contribution is -0.159. The third kappa shape index (κ3) is 5.88. The molecule has 2 aromatic carbocycles. The second-order valence-corrected chi connectivity index (χ2v) is 7.15. The summed E-state index contributed by atoms with van der Waals surface area (Å²) in [5.74, 6) is -3.81. The number of nitrogens with one attached hydrogen (secondary N) is 1. The molecule has 3 aromatic rings. The summed E-state index contributed by atoms with van der Waals surface area (Å²) in [4.78, 5) is 26.5. The first-order valence-electron chi connectivity index (χ1n) is 9.62. The van der Waals surface area contributed by atoms with Crippen molar-refractivity contribution in [2.45, 2.75) is 13.1 Å². The molecule has 0 amide bonds. The highest BCUT2D eigenvalue weighted by Gasteiger charge is 2.18. The maximum absolute atomic E-state index is 13.0. The van der Waals surface area contributed by atoms with Crippen LogP contribution in [0.4, 0.5) is 4.39 Å². The molecule has 0 atom stereocenters. The minimum absolute atomic E-state index is 0.165. The van der Waals surface area contributed by atoms with Crippen molar-refractivity contribution in [2.75, 3.05) is 26.2 Å². The summed E-state index contributed by atoms with van der Waals surface area (Å²) in [5.41, 5.74) is 3.77. The van der Waals surface area contributed by atoms with E-state index in [2.05, 4.69) is 45.2 Å². The molecule has 8 heteroatoms. The first-order chi connectivity index (χ1) is 14.4. The number of H-pyrrole nitrogens is 1. The van der Waals surface area contributed by atoms with Crippen LogP contribution in [0.3, 0.4) is 0 Å². The number of hydrogen-bond donors (Lipinski definition) is 3. The Morgan fingerprint density at radius 2 is 1.43 bits per heavy atom. The average Bonchev–Trinajstić information content (AvgIpc) is 3.14. The molecule has 2 heterocycles. The number of carboxylic acid groups (broad SMARTS) is 2. The maximum atomic E-state index is 13.0. The lowest BCUT2D eigenvalue weighted by Crippen LogP contribution is -2.45. The first-order valence-corrected chi connectivity index (χ1v) is 9.62.